The maximum atomic E-state index is 13.0. The SMILES string of the molecule is OC1N(Cc2ccccc2)CCC1(F)F. The van der Waals surface area contributed by atoms with E-state index in [1.165, 1.54) is 4.90 Å². The summed E-state index contributed by atoms with van der Waals surface area (Å²) in [7, 11) is 0. The highest BCUT2D eigenvalue weighted by Crippen LogP contribution is 2.33. The van der Waals surface area contributed by atoms with E-state index in [0.717, 1.165) is 5.56 Å². The quantitative estimate of drug-likeness (QED) is 0.810. The Balaban J connectivity index is 2.03. The number of rotatable bonds is 2. The van der Waals surface area contributed by atoms with Crippen LogP contribution in [0.3, 0.4) is 0 Å². The van der Waals surface area contributed by atoms with Crippen LogP contribution in [-0.4, -0.2) is 28.7 Å². The number of aliphatic hydroxyl groups is 1. The first-order chi connectivity index (χ1) is 7.09. The van der Waals surface area contributed by atoms with E-state index in [1.807, 2.05) is 30.3 Å². The van der Waals surface area contributed by atoms with Gasteiger partial charge in [0.2, 0.25) is 0 Å². The molecular formula is C11H13F2NO. The summed E-state index contributed by atoms with van der Waals surface area (Å²) in [4.78, 5) is 1.40. The lowest BCUT2D eigenvalue weighted by atomic mass is 10.2. The predicted molar refractivity (Wildman–Crippen MR) is 52.4 cm³/mol. The average Bonchev–Trinajstić information content (AvgIpc) is 2.47. The van der Waals surface area contributed by atoms with Gasteiger partial charge in [0.05, 0.1) is 0 Å². The molecule has 1 heterocycles. The van der Waals surface area contributed by atoms with E-state index in [1.54, 1.807) is 0 Å². The van der Waals surface area contributed by atoms with Crippen molar-refractivity contribution in [3.63, 3.8) is 0 Å². The summed E-state index contributed by atoms with van der Waals surface area (Å²) >= 11 is 0. The number of aliphatic hydroxyl groups excluding tert-OH is 1. The zero-order valence-corrected chi connectivity index (χ0v) is 8.24. The van der Waals surface area contributed by atoms with Crippen molar-refractivity contribution in [2.24, 2.45) is 0 Å². The summed E-state index contributed by atoms with van der Waals surface area (Å²) in [5.74, 6) is -2.96. The Morgan fingerprint density at radius 2 is 2.00 bits per heavy atom. The second-order valence-corrected chi connectivity index (χ2v) is 3.84. The molecule has 1 saturated heterocycles. The first-order valence-electron chi connectivity index (χ1n) is 4.93. The smallest absolute Gasteiger partial charge is 0.288 e. The summed E-state index contributed by atoms with van der Waals surface area (Å²) in [6.07, 6.45) is -1.90. The number of nitrogens with zero attached hydrogens (tertiary/aromatic N) is 1. The van der Waals surface area contributed by atoms with Crippen LogP contribution in [0.1, 0.15) is 12.0 Å². The van der Waals surface area contributed by atoms with Crippen LogP contribution in [0.25, 0.3) is 0 Å². The molecule has 1 fully saturated rings. The van der Waals surface area contributed by atoms with Gasteiger partial charge in [-0.2, -0.15) is 0 Å². The molecular weight excluding hydrogens is 200 g/mol. The number of hydrogen-bond donors (Lipinski definition) is 1. The number of halogens is 2. The Kier molecular flexibility index (Phi) is 2.71. The Morgan fingerprint density at radius 3 is 2.53 bits per heavy atom. The minimum atomic E-state index is -2.96. The van der Waals surface area contributed by atoms with E-state index in [4.69, 9.17) is 0 Å². The van der Waals surface area contributed by atoms with Gasteiger partial charge in [-0.25, -0.2) is 8.78 Å². The molecule has 0 spiro atoms. The summed E-state index contributed by atoms with van der Waals surface area (Å²) in [6, 6.07) is 9.32. The molecule has 1 N–H and O–H groups in total. The summed E-state index contributed by atoms with van der Waals surface area (Å²) < 4.78 is 26.0. The molecule has 0 radical (unpaired) electrons. The van der Waals surface area contributed by atoms with Gasteiger partial charge in [-0.15, -0.1) is 0 Å². The van der Waals surface area contributed by atoms with E-state index < -0.39 is 12.2 Å². The fourth-order valence-corrected chi connectivity index (χ4v) is 1.79. The monoisotopic (exact) mass is 213 g/mol. The van der Waals surface area contributed by atoms with Gasteiger partial charge >= 0.3 is 0 Å². The maximum absolute atomic E-state index is 13.0. The molecule has 1 unspecified atom stereocenters. The largest absolute Gasteiger partial charge is 0.372 e. The number of alkyl halides is 2. The predicted octanol–water partition coefficient (Wildman–Crippen LogP) is 1.85. The zero-order chi connectivity index (χ0) is 10.9. The molecule has 4 heteroatoms. The molecule has 1 aliphatic heterocycles. The standard InChI is InChI=1S/C11H13F2NO/c12-11(13)6-7-14(10(11)15)8-9-4-2-1-3-5-9/h1-5,10,15H,6-8H2. The lowest BCUT2D eigenvalue weighted by Crippen LogP contribution is -2.38. The Bertz CT molecular complexity index is 329. The molecule has 2 nitrogen and oxygen atoms in total. The van der Waals surface area contributed by atoms with Crippen molar-refractivity contribution in [3.05, 3.63) is 35.9 Å². The zero-order valence-electron chi connectivity index (χ0n) is 8.24. The minimum absolute atomic E-state index is 0.239. The topological polar surface area (TPSA) is 23.5 Å². The van der Waals surface area contributed by atoms with Crippen LogP contribution in [0.15, 0.2) is 30.3 Å². The molecule has 15 heavy (non-hydrogen) atoms. The van der Waals surface area contributed by atoms with Gasteiger partial charge in [0.1, 0.15) is 0 Å². The van der Waals surface area contributed by atoms with Gasteiger partial charge in [0.15, 0.2) is 6.23 Å². The molecule has 1 aliphatic rings. The van der Waals surface area contributed by atoms with Gasteiger partial charge in [-0.3, -0.25) is 4.90 Å². The Hall–Kier alpha value is -1.00. The number of hydrogen-bond acceptors (Lipinski definition) is 2. The van der Waals surface area contributed by atoms with Gasteiger partial charge in [0.25, 0.3) is 5.92 Å². The van der Waals surface area contributed by atoms with Gasteiger partial charge < -0.3 is 5.11 Å². The van der Waals surface area contributed by atoms with Crippen molar-refractivity contribution in [3.8, 4) is 0 Å². The molecule has 0 aromatic heterocycles. The molecule has 82 valence electrons. The Labute approximate surface area is 87.1 Å². The van der Waals surface area contributed by atoms with Crippen molar-refractivity contribution in [1.82, 2.24) is 4.90 Å². The lowest BCUT2D eigenvalue weighted by molar-refractivity contribution is -0.133. The number of benzene rings is 1. The molecule has 0 saturated carbocycles. The van der Waals surface area contributed by atoms with E-state index in [9.17, 15) is 13.9 Å². The van der Waals surface area contributed by atoms with Crippen LogP contribution in [0.4, 0.5) is 8.78 Å². The lowest BCUT2D eigenvalue weighted by Gasteiger charge is -2.22. The molecule has 1 aromatic rings. The summed E-state index contributed by atoms with van der Waals surface area (Å²) in [5.41, 5.74) is 0.939. The van der Waals surface area contributed by atoms with Crippen molar-refractivity contribution < 1.29 is 13.9 Å². The van der Waals surface area contributed by atoms with Crippen molar-refractivity contribution in [1.29, 1.82) is 0 Å². The first-order valence-corrected chi connectivity index (χ1v) is 4.93. The van der Waals surface area contributed by atoms with E-state index >= 15 is 0 Å². The average molecular weight is 213 g/mol. The molecule has 1 aromatic carbocycles. The first kappa shape index (κ1) is 10.5. The fourth-order valence-electron chi connectivity index (χ4n) is 1.79. The fraction of sp³-hybridized carbons (Fsp3) is 0.455. The molecule has 1 atom stereocenters. The van der Waals surface area contributed by atoms with Crippen LogP contribution in [0.2, 0.25) is 0 Å². The van der Waals surface area contributed by atoms with Crippen LogP contribution in [0, 0.1) is 0 Å². The molecule has 0 bridgehead atoms. The third-order valence-corrected chi connectivity index (χ3v) is 2.68. The van der Waals surface area contributed by atoms with Crippen LogP contribution in [-0.2, 0) is 6.54 Å². The van der Waals surface area contributed by atoms with E-state index in [-0.39, 0.29) is 13.0 Å². The summed E-state index contributed by atoms with van der Waals surface area (Å²) in [5, 5.41) is 9.35. The minimum Gasteiger partial charge on any atom is -0.372 e. The second-order valence-electron chi connectivity index (χ2n) is 3.84. The molecule has 2 rings (SSSR count). The second kappa shape index (κ2) is 3.87. The van der Waals surface area contributed by atoms with Gasteiger partial charge in [-0.1, -0.05) is 30.3 Å². The van der Waals surface area contributed by atoms with Crippen molar-refractivity contribution in [2.75, 3.05) is 6.54 Å². The van der Waals surface area contributed by atoms with Gasteiger partial charge in [0, 0.05) is 19.5 Å². The highest BCUT2D eigenvalue weighted by Gasteiger charge is 2.47. The third kappa shape index (κ3) is 2.16. The van der Waals surface area contributed by atoms with E-state index in [2.05, 4.69) is 0 Å². The normalized spacial score (nSPS) is 25.7. The van der Waals surface area contributed by atoms with E-state index in [0.29, 0.717) is 6.54 Å². The molecule has 0 amide bonds. The third-order valence-electron chi connectivity index (χ3n) is 2.68. The molecule has 0 aliphatic carbocycles. The Morgan fingerprint density at radius 1 is 1.33 bits per heavy atom. The van der Waals surface area contributed by atoms with Crippen molar-refractivity contribution >= 4 is 0 Å². The highest BCUT2D eigenvalue weighted by atomic mass is 19.3. The van der Waals surface area contributed by atoms with Crippen molar-refractivity contribution in [2.45, 2.75) is 25.1 Å². The maximum Gasteiger partial charge on any atom is 0.288 e. The van der Waals surface area contributed by atoms with Crippen LogP contribution < -0.4 is 0 Å². The van der Waals surface area contributed by atoms with Crippen LogP contribution in [0.5, 0.6) is 0 Å². The number of likely N-dealkylation sites (tertiary alicyclic amines) is 1. The van der Waals surface area contributed by atoms with Gasteiger partial charge in [-0.05, 0) is 5.56 Å². The summed E-state index contributed by atoms with van der Waals surface area (Å²) in [6.45, 7) is 0.612. The highest BCUT2D eigenvalue weighted by molar-refractivity contribution is 5.14. The van der Waals surface area contributed by atoms with Crippen LogP contribution >= 0.6 is 0 Å².